The van der Waals surface area contributed by atoms with Gasteiger partial charge in [-0.25, -0.2) is 4.98 Å². The molecule has 0 aliphatic rings. The van der Waals surface area contributed by atoms with Gasteiger partial charge in [0.1, 0.15) is 11.5 Å². The van der Waals surface area contributed by atoms with Crippen molar-refractivity contribution in [1.82, 2.24) is 15.2 Å². The lowest BCUT2D eigenvalue weighted by Crippen LogP contribution is -2.27. The van der Waals surface area contributed by atoms with Crippen molar-refractivity contribution in [3.8, 4) is 0 Å². The monoisotopic (exact) mass is 286 g/mol. The molecule has 0 atom stereocenters. The van der Waals surface area contributed by atoms with Crippen LogP contribution in [-0.4, -0.2) is 50.0 Å². The van der Waals surface area contributed by atoms with E-state index in [1.54, 1.807) is 0 Å². The smallest absolute Gasteiger partial charge is 0.269 e. The molecule has 1 aromatic heterocycles. The highest BCUT2D eigenvalue weighted by Gasteiger charge is 2.10. The number of benzene rings is 1. The minimum atomic E-state index is -0.129. The minimum Gasteiger partial charge on any atom is -0.373 e. The standard InChI is InChI=1S/C16H22N4O/c1-17-15-13-8-5-4-7-12(13)11-14(19-15)16(21)18-9-6-10-20(2)3/h4-5,7-8,11H,6,9-10H2,1-3H3,(H,17,19)(H,18,21). The molecule has 1 heterocycles. The molecule has 0 bridgehead atoms. The topological polar surface area (TPSA) is 57.3 Å². The number of hydrogen-bond acceptors (Lipinski definition) is 4. The summed E-state index contributed by atoms with van der Waals surface area (Å²) in [5, 5.41) is 7.99. The van der Waals surface area contributed by atoms with Gasteiger partial charge in [0.05, 0.1) is 0 Å². The minimum absolute atomic E-state index is 0.129. The summed E-state index contributed by atoms with van der Waals surface area (Å²) < 4.78 is 0. The fourth-order valence-electron chi connectivity index (χ4n) is 2.19. The number of anilines is 1. The third-order valence-electron chi connectivity index (χ3n) is 3.28. The first-order valence-electron chi connectivity index (χ1n) is 7.12. The van der Waals surface area contributed by atoms with Crippen molar-refractivity contribution in [2.75, 3.05) is 39.5 Å². The Labute approximate surface area is 125 Å². The van der Waals surface area contributed by atoms with E-state index in [2.05, 4.69) is 20.5 Å². The fraction of sp³-hybridized carbons (Fsp3) is 0.375. The Bertz CT molecular complexity index is 625. The van der Waals surface area contributed by atoms with Crippen LogP contribution in [0.1, 0.15) is 16.9 Å². The van der Waals surface area contributed by atoms with Gasteiger partial charge in [0.2, 0.25) is 0 Å². The van der Waals surface area contributed by atoms with Gasteiger partial charge in [-0.15, -0.1) is 0 Å². The second-order valence-corrected chi connectivity index (χ2v) is 5.24. The Morgan fingerprint density at radius 1 is 1.29 bits per heavy atom. The summed E-state index contributed by atoms with van der Waals surface area (Å²) in [6.45, 7) is 1.60. The van der Waals surface area contributed by atoms with Crippen LogP contribution >= 0.6 is 0 Å². The van der Waals surface area contributed by atoms with Crippen molar-refractivity contribution >= 4 is 22.5 Å². The highest BCUT2D eigenvalue weighted by atomic mass is 16.1. The van der Waals surface area contributed by atoms with Crippen LogP contribution in [0.5, 0.6) is 0 Å². The number of fused-ring (bicyclic) bond motifs is 1. The van der Waals surface area contributed by atoms with Crippen LogP contribution < -0.4 is 10.6 Å². The Morgan fingerprint density at radius 2 is 2.05 bits per heavy atom. The molecule has 0 aliphatic carbocycles. The summed E-state index contributed by atoms with van der Waals surface area (Å²) in [5.74, 6) is 0.600. The number of nitrogens with zero attached hydrogens (tertiary/aromatic N) is 2. The van der Waals surface area contributed by atoms with Crippen LogP contribution in [0.4, 0.5) is 5.82 Å². The van der Waals surface area contributed by atoms with E-state index in [-0.39, 0.29) is 5.91 Å². The predicted molar refractivity (Wildman–Crippen MR) is 86.8 cm³/mol. The van der Waals surface area contributed by atoms with Gasteiger partial charge in [0, 0.05) is 19.0 Å². The highest BCUT2D eigenvalue weighted by Crippen LogP contribution is 2.21. The summed E-state index contributed by atoms with van der Waals surface area (Å²) in [6, 6.07) is 9.73. The molecule has 0 radical (unpaired) electrons. The van der Waals surface area contributed by atoms with Crippen molar-refractivity contribution in [1.29, 1.82) is 0 Å². The number of carbonyl (C=O) groups is 1. The molecule has 2 rings (SSSR count). The number of hydrogen-bond donors (Lipinski definition) is 2. The zero-order valence-corrected chi connectivity index (χ0v) is 12.8. The van der Waals surface area contributed by atoms with Crippen molar-refractivity contribution in [3.05, 3.63) is 36.0 Å². The molecule has 0 fully saturated rings. The number of amides is 1. The first kappa shape index (κ1) is 15.3. The maximum absolute atomic E-state index is 12.2. The zero-order valence-electron chi connectivity index (χ0n) is 12.8. The predicted octanol–water partition coefficient (Wildman–Crippen LogP) is 1.96. The lowest BCUT2D eigenvalue weighted by atomic mass is 10.1. The number of carbonyl (C=O) groups excluding carboxylic acids is 1. The second-order valence-electron chi connectivity index (χ2n) is 5.24. The van der Waals surface area contributed by atoms with Crippen LogP contribution in [-0.2, 0) is 0 Å². The molecule has 2 aromatic rings. The van der Waals surface area contributed by atoms with Crippen molar-refractivity contribution in [3.63, 3.8) is 0 Å². The number of aromatic nitrogens is 1. The van der Waals surface area contributed by atoms with E-state index in [4.69, 9.17) is 0 Å². The van der Waals surface area contributed by atoms with E-state index < -0.39 is 0 Å². The summed E-state index contributed by atoms with van der Waals surface area (Å²) >= 11 is 0. The average molecular weight is 286 g/mol. The van der Waals surface area contributed by atoms with Gasteiger partial charge < -0.3 is 15.5 Å². The summed E-state index contributed by atoms with van der Waals surface area (Å²) in [6.07, 6.45) is 0.922. The van der Waals surface area contributed by atoms with Crippen LogP contribution in [0.2, 0.25) is 0 Å². The van der Waals surface area contributed by atoms with Crippen LogP contribution in [0, 0.1) is 0 Å². The van der Waals surface area contributed by atoms with Crippen LogP contribution in [0.3, 0.4) is 0 Å². The fourth-order valence-corrected chi connectivity index (χ4v) is 2.19. The molecule has 5 heteroatoms. The first-order chi connectivity index (χ1) is 10.1. The molecule has 5 nitrogen and oxygen atoms in total. The van der Waals surface area contributed by atoms with E-state index in [1.807, 2.05) is 51.5 Å². The lowest BCUT2D eigenvalue weighted by molar-refractivity contribution is 0.0947. The molecule has 21 heavy (non-hydrogen) atoms. The van der Waals surface area contributed by atoms with Gasteiger partial charge in [0.15, 0.2) is 0 Å². The molecular weight excluding hydrogens is 264 g/mol. The lowest BCUT2D eigenvalue weighted by Gasteiger charge is -2.11. The maximum Gasteiger partial charge on any atom is 0.269 e. The number of nitrogens with one attached hydrogen (secondary N) is 2. The highest BCUT2D eigenvalue weighted by molar-refractivity contribution is 6.00. The molecule has 112 valence electrons. The summed E-state index contributed by atoms with van der Waals surface area (Å²) in [4.78, 5) is 18.7. The maximum atomic E-state index is 12.2. The van der Waals surface area contributed by atoms with E-state index in [0.717, 1.165) is 29.6 Å². The summed E-state index contributed by atoms with van der Waals surface area (Å²) in [5.41, 5.74) is 0.447. The SMILES string of the molecule is CNc1nc(C(=O)NCCCN(C)C)cc2ccccc12. The van der Waals surface area contributed by atoms with E-state index >= 15 is 0 Å². The molecule has 0 aliphatic heterocycles. The van der Waals surface area contributed by atoms with Gasteiger partial charge in [-0.05, 0) is 38.5 Å². The van der Waals surface area contributed by atoms with Crippen molar-refractivity contribution in [2.45, 2.75) is 6.42 Å². The van der Waals surface area contributed by atoms with E-state index in [0.29, 0.717) is 12.2 Å². The molecule has 0 saturated carbocycles. The number of pyridine rings is 1. The van der Waals surface area contributed by atoms with Gasteiger partial charge in [-0.3, -0.25) is 4.79 Å². The molecule has 0 saturated heterocycles. The zero-order chi connectivity index (χ0) is 15.2. The average Bonchev–Trinajstić information content (AvgIpc) is 2.50. The van der Waals surface area contributed by atoms with Crippen molar-refractivity contribution < 1.29 is 4.79 Å². The van der Waals surface area contributed by atoms with Crippen molar-refractivity contribution in [2.24, 2.45) is 0 Å². The first-order valence-corrected chi connectivity index (χ1v) is 7.12. The second kappa shape index (κ2) is 7.04. The Kier molecular flexibility index (Phi) is 5.11. The molecule has 0 unspecified atom stereocenters. The van der Waals surface area contributed by atoms with Crippen LogP contribution in [0.25, 0.3) is 10.8 Å². The van der Waals surface area contributed by atoms with E-state index in [1.165, 1.54) is 0 Å². The Morgan fingerprint density at radius 3 is 2.76 bits per heavy atom. The molecule has 1 aromatic carbocycles. The van der Waals surface area contributed by atoms with E-state index in [9.17, 15) is 4.79 Å². The third-order valence-corrected chi connectivity index (χ3v) is 3.28. The van der Waals surface area contributed by atoms with Gasteiger partial charge in [0.25, 0.3) is 5.91 Å². The number of rotatable bonds is 6. The normalized spacial score (nSPS) is 10.9. The molecular formula is C16H22N4O. The van der Waals surface area contributed by atoms with Crippen LogP contribution in [0.15, 0.2) is 30.3 Å². The van der Waals surface area contributed by atoms with Gasteiger partial charge in [-0.1, -0.05) is 24.3 Å². The quantitative estimate of drug-likeness (QED) is 0.797. The Balaban J connectivity index is 2.12. The molecule has 1 amide bonds. The van der Waals surface area contributed by atoms with Gasteiger partial charge in [-0.2, -0.15) is 0 Å². The third kappa shape index (κ3) is 3.92. The van der Waals surface area contributed by atoms with Gasteiger partial charge >= 0.3 is 0 Å². The summed E-state index contributed by atoms with van der Waals surface area (Å²) in [7, 11) is 5.85. The molecule has 0 spiro atoms. The molecule has 2 N–H and O–H groups in total. The largest absolute Gasteiger partial charge is 0.373 e. The Hall–Kier alpha value is -2.14.